The predicted molar refractivity (Wildman–Crippen MR) is 186 cm³/mol. The lowest BCUT2D eigenvalue weighted by atomic mass is 10.0. The van der Waals surface area contributed by atoms with E-state index in [4.69, 9.17) is 40.8 Å². The largest absolute Gasteiger partial charge is 0.500 e. The van der Waals surface area contributed by atoms with Gasteiger partial charge in [0, 0.05) is 107 Å². The summed E-state index contributed by atoms with van der Waals surface area (Å²) in [5, 5.41) is 35.1. The van der Waals surface area contributed by atoms with Gasteiger partial charge in [0.05, 0.1) is 38.1 Å². The molecule has 0 aliphatic heterocycles. The summed E-state index contributed by atoms with van der Waals surface area (Å²) in [6, 6.07) is 1.24. The summed E-state index contributed by atoms with van der Waals surface area (Å²) in [5.41, 5.74) is 0. The first-order valence-corrected chi connectivity index (χ1v) is 21.0. The van der Waals surface area contributed by atoms with Crippen LogP contribution >= 0.6 is 0 Å². The first-order valence-electron chi connectivity index (χ1n) is 17.1. The fraction of sp³-hybridized carbons (Fsp3) is 1.00. The number of aliphatic hydroxyl groups excluding tert-OH is 3. The molecule has 0 fully saturated rings. The molecular weight excluding hydrogens is 649 g/mol. The third-order valence-electron chi connectivity index (χ3n) is 8.16. The van der Waals surface area contributed by atoms with E-state index in [0.29, 0.717) is 83.4 Å². The van der Waals surface area contributed by atoms with Crippen molar-refractivity contribution in [3.63, 3.8) is 0 Å². The van der Waals surface area contributed by atoms with Crippen LogP contribution in [0.3, 0.4) is 0 Å². The van der Waals surface area contributed by atoms with Gasteiger partial charge in [-0.3, -0.25) is 4.90 Å². The Morgan fingerprint density at radius 1 is 0.617 bits per heavy atom. The van der Waals surface area contributed by atoms with Crippen LogP contribution in [0.15, 0.2) is 0 Å². The zero-order valence-corrected chi connectivity index (χ0v) is 32.7. The molecule has 14 nitrogen and oxygen atoms in total. The second-order valence-electron chi connectivity index (χ2n) is 11.8. The van der Waals surface area contributed by atoms with E-state index in [0.717, 1.165) is 19.3 Å². The minimum atomic E-state index is -2.65. The molecule has 0 rings (SSSR count). The molecule has 0 aromatic carbocycles. The Kier molecular flexibility index (Phi) is 29.5. The summed E-state index contributed by atoms with van der Waals surface area (Å²) in [4.78, 5) is 1.99. The van der Waals surface area contributed by atoms with Crippen LogP contribution in [0.1, 0.15) is 52.4 Å². The number of aliphatic hydroxyl groups is 3. The van der Waals surface area contributed by atoms with Crippen LogP contribution < -0.4 is 5.32 Å². The normalized spacial score (nSPS) is 15.3. The second-order valence-corrected chi connectivity index (χ2v) is 18.0. The fourth-order valence-corrected chi connectivity index (χ4v) is 8.50. The van der Waals surface area contributed by atoms with Crippen molar-refractivity contribution in [2.45, 2.75) is 82.8 Å². The molecule has 0 aliphatic rings. The van der Waals surface area contributed by atoms with Crippen molar-refractivity contribution in [3.05, 3.63) is 0 Å². The highest BCUT2D eigenvalue weighted by molar-refractivity contribution is 6.60. The number of hydrogen-bond acceptors (Lipinski definition) is 14. The molecule has 0 radical (unpaired) electrons. The standard InChI is InChI=1S/C31H70N2O12Si2/c1-9-11-14-28(10-2)24-45-27-31(36)23-33(22-30(35)26-44-18-13-20-47(40-6,41-7)42-8)16-15-32-21-29(34)25-43-17-12-19-46(37-3,38-4)39-5/h28-32,34-36H,9-27H2,1-8H3. The smallest absolute Gasteiger partial charge is 0.389 e. The highest BCUT2D eigenvalue weighted by atomic mass is 28.4. The lowest BCUT2D eigenvalue weighted by molar-refractivity contribution is -0.0162. The summed E-state index contributed by atoms with van der Waals surface area (Å²) >= 11 is 0. The van der Waals surface area contributed by atoms with Gasteiger partial charge in [0.25, 0.3) is 0 Å². The summed E-state index contributed by atoms with van der Waals surface area (Å²) < 4.78 is 49.8. The van der Waals surface area contributed by atoms with Gasteiger partial charge < -0.3 is 61.4 Å². The van der Waals surface area contributed by atoms with Crippen LogP contribution in [0.2, 0.25) is 12.1 Å². The zero-order valence-electron chi connectivity index (χ0n) is 30.7. The minimum absolute atomic E-state index is 0.159. The van der Waals surface area contributed by atoms with Gasteiger partial charge in [0.1, 0.15) is 0 Å². The van der Waals surface area contributed by atoms with E-state index in [1.807, 2.05) is 4.90 Å². The van der Waals surface area contributed by atoms with Crippen LogP contribution in [0.25, 0.3) is 0 Å². The lowest BCUT2D eigenvalue weighted by Crippen LogP contribution is -2.45. The summed E-state index contributed by atoms with van der Waals surface area (Å²) in [6.07, 6.45) is 3.79. The molecule has 4 N–H and O–H groups in total. The molecule has 0 spiro atoms. The Balaban J connectivity index is 4.71. The predicted octanol–water partition coefficient (Wildman–Crippen LogP) is 1.76. The molecule has 0 saturated carbocycles. The van der Waals surface area contributed by atoms with Crippen LogP contribution in [0.5, 0.6) is 0 Å². The van der Waals surface area contributed by atoms with Crippen molar-refractivity contribution in [1.82, 2.24) is 10.2 Å². The van der Waals surface area contributed by atoms with Gasteiger partial charge in [0.15, 0.2) is 0 Å². The molecule has 0 aliphatic carbocycles. The van der Waals surface area contributed by atoms with Gasteiger partial charge in [-0.05, 0) is 25.2 Å². The SMILES string of the molecule is CCCCC(CC)COCC(O)CN(CCNCC(O)COCCC[Si](OC)(OC)OC)CC(O)COCCC[Si](OC)(OC)OC. The summed E-state index contributed by atoms with van der Waals surface area (Å²) in [6.45, 7) is 8.60. The average Bonchev–Trinajstić information content (AvgIpc) is 3.08. The molecule has 4 unspecified atom stereocenters. The molecule has 0 amide bonds. The second kappa shape index (κ2) is 29.6. The molecular formula is C31H70N2O12Si2. The molecule has 0 saturated heterocycles. The summed E-state index contributed by atoms with van der Waals surface area (Å²) in [5.74, 6) is 0.498. The van der Waals surface area contributed by atoms with E-state index >= 15 is 0 Å². The van der Waals surface area contributed by atoms with Crippen molar-refractivity contribution >= 4 is 17.6 Å². The molecule has 16 heteroatoms. The van der Waals surface area contributed by atoms with E-state index in [9.17, 15) is 15.3 Å². The fourth-order valence-electron chi connectivity index (χ4n) is 5.12. The van der Waals surface area contributed by atoms with Gasteiger partial charge in [-0.2, -0.15) is 0 Å². The van der Waals surface area contributed by atoms with Gasteiger partial charge in [-0.1, -0.05) is 33.1 Å². The molecule has 284 valence electrons. The Labute approximate surface area is 287 Å². The van der Waals surface area contributed by atoms with Crippen molar-refractivity contribution in [2.24, 2.45) is 5.92 Å². The molecule has 47 heavy (non-hydrogen) atoms. The number of nitrogens with one attached hydrogen (secondary N) is 1. The van der Waals surface area contributed by atoms with Crippen LogP contribution in [0, 0.1) is 5.92 Å². The van der Waals surface area contributed by atoms with Crippen molar-refractivity contribution in [1.29, 1.82) is 0 Å². The van der Waals surface area contributed by atoms with E-state index in [1.54, 1.807) is 42.7 Å². The van der Waals surface area contributed by atoms with Crippen molar-refractivity contribution < 1.29 is 56.1 Å². The maximum atomic E-state index is 10.8. The third-order valence-corrected chi connectivity index (χ3v) is 13.8. The zero-order chi connectivity index (χ0) is 35.4. The Bertz CT molecular complexity index is 682. The molecule has 0 aromatic heterocycles. The Morgan fingerprint density at radius 2 is 1.09 bits per heavy atom. The first kappa shape index (κ1) is 46.9. The van der Waals surface area contributed by atoms with E-state index in [2.05, 4.69) is 19.2 Å². The minimum Gasteiger partial charge on any atom is -0.389 e. The monoisotopic (exact) mass is 718 g/mol. The van der Waals surface area contributed by atoms with Gasteiger partial charge in [-0.25, -0.2) is 0 Å². The van der Waals surface area contributed by atoms with Crippen molar-refractivity contribution in [2.75, 3.05) is 115 Å². The highest BCUT2D eigenvalue weighted by Crippen LogP contribution is 2.16. The van der Waals surface area contributed by atoms with Crippen molar-refractivity contribution in [3.8, 4) is 0 Å². The number of hydrogen-bond donors (Lipinski definition) is 4. The van der Waals surface area contributed by atoms with E-state index < -0.39 is 35.9 Å². The molecule has 0 bridgehead atoms. The number of ether oxygens (including phenoxy) is 3. The quantitative estimate of drug-likeness (QED) is 0.0555. The van der Waals surface area contributed by atoms with Gasteiger partial charge in [0.2, 0.25) is 0 Å². The maximum absolute atomic E-state index is 10.8. The average molecular weight is 719 g/mol. The van der Waals surface area contributed by atoms with Crippen LogP contribution in [-0.2, 0) is 40.8 Å². The first-order chi connectivity index (χ1) is 22.6. The maximum Gasteiger partial charge on any atom is 0.500 e. The van der Waals surface area contributed by atoms with Crippen LogP contribution in [0.4, 0.5) is 0 Å². The highest BCUT2D eigenvalue weighted by Gasteiger charge is 2.37. The number of nitrogens with zero attached hydrogens (tertiary/aromatic N) is 1. The Hall–Kier alpha value is -0.126. The lowest BCUT2D eigenvalue weighted by Gasteiger charge is -2.28. The molecule has 0 heterocycles. The molecule has 4 atom stereocenters. The third kappa shape index (κ3) is 22.3. The van der Waals surface area contributed by atoms with E-state index in [1.165, 1.54) is 6.42 Å². The molecule has 0 aromatic rings. The van der Waals surface area contributed by atoms with E-state index in [-0.39, 0.29) is 19.8 Å². The summed E-state index contributed by atoms with van der Waals surface area (Å²) in [7, 11) is 4.21. The van der Waals surface area contributed by atoms with Gasteiger partial charge in [-0.15, -0.1) is 0 Å². The number of rotatable bonds is 35. The topological polar surface area (TPSA) is 159 Å². The van der Waals surface area contributed by atoms with Gasteiger partial charge >= 0.3 is 17.6 Å². The number of unbranched alkanes of at least 4 members (excludes halogenated alkanes) is 1. The Morgan fingerprint density at radius 3 is 1.53 bits per heavy atom. The van der Waals surface area contributed by atoms with Crippen LogP contribution in [-0.4, -0.2) is 171 Å².